The van der Waals surface area contributed by atoms with Crippen LogP contribution in [0.25, 0.3) is 0 Å². The summed E-state index contributed by atoms with van der Waals surface area (Å²) in [5, 5.41) is 7.46. The lowest BCUT2D eigenvalue weighted by Crippen LogP contribution is -2.11. The summed E-state index contributed by atoms with van der Waals surface area (Å²) in [5.41, 5.74) is 2.22. The smallest absolute Gasteiger partial charge is 0.224 e. The molecule has 1 heterocycles. The van der Waals surface area contributed by atoms with Gasteiger partial charge < -0.3 is 10.6 Å². The summed E-state index contributed by atoms with van der Waals surface area (Å²) in [5.74, 6) is 1.60. The molecule has 1 fully saturated rings. The van der Waals surface area contributed by atoms with Gasteiger partial charge in [-0.2, -0.15) is 4.98 Å². The first-order valence-electron chi connectivity index (χ1n) is 7.29. The summed E-state index contributed by atoms with van der Waals surface area (Å²) in [4.78, 5) is 8.93. The molecule has 0 atom stereocenters. The summed E-state index contributed by atoms with van der Waals surface area (Å²) in [6.07, 6.45) is 3.39. The van der Waals surface area contributed by atoms with Crippen molar-refractivity contribution in [3.63, 3.8) is 0 Å². The molecule has 0 bridgehead atoms. The van der Waals surface area contributed by atoms with E-state index in [2.05, 4.69) is 20.6 Å². The SMILES string of the molecule is Cc1cc(NC2CC2)nc(NCCc2ccc(Cl)cc2)n1. The minimum absolute atomic E-state index is 0.598. The van der Waals surface area contributed by atoms with Gasteiger partial charge >= 0.3 is 0 Å². The van der Waals surface area contributed by atoms with E-state index in [1.54, 1.807) is 0 Å². The van der Waals surface area contributed by atoms with Gasteiger partial charge in [0.2, 0.25) is 5.95 Å². The van der Waals surface area contributed by atoms with Crippen LogP contribution < -0.4 is 10.6 Å². The molecule has 1 aromatic carbocycles. The van der Waals surface area contributed by atoms with Gasteiger partial charge in [-0.25, -0.2) is 4.98 Å². The molecule has 4 nitrogen and oxygen atoms in total. The van der Waals surface area contributed by atoms with Crippen LogP contribution in [0, 0.1) is 6.92 Å². The van der Waals surface area contributed by atoms with E-state index in [4.69, 9.17) is 11.6 Å². The van der Waals surface area contributed by atoms with Gasteiger partial charge in [-0.15, -0.1) is 0 Å². The van der Waals surface area contributed by atoms with Crippen molar-refractivity contribution in [2.24, 2.45) is 0 Å². The predicted octanol–water partition coefficient (Wildman–Crippen LogP) is 3.67. The number of halogens is 1. The third-order valence-electron chi connectivity index (χ3n) is 3.39. The molecule has 2 N–H and O–H groups in total. The molecule has 21 heavy (non-hydrogen) atoms. The number of aromatic nitrogens is 2. The molecular formula is C16H19ClN4. The van der Waals surface area contributed by atoms with E-state index in [-0.39, 0.29) is 0 Å². The molecular weight excluding hydrogens is 284 g/mol. The molecule has 1 aliphatic rings. The van der Waals surface area contributed by atoms with Crippen LogP contribution in [0.4, 0.5) is 11.8 Å². The van der Waals surface area contributed by atoms with Gasteiger partial charge in [-0.3, -0.25) is 0 Å². The fourth-order valence-electron chi connectivity index (χ4n) is 2.13. The van der Waals surface area contributed by atoms with Gasteiger partial charge in [0.1, 0.15) is 5.82 Å². The largest absolute Gasteiger partial charge is 0.367 e. The van der Waals surface area contributed by atoms with Crippen LogP contribution in [-0.2, 0) is 6.42 Å². The summed E-state index contributed by atoms with van der Waals surface area (Å²) in [6, 6.07) is 10.5. The lowest BCUT2D eigenvalue weighted by Gasteiger charge is -2.09. The molecule has 5 heteroatoms. The summed E-state index contributed by atoms with van der Waals surface area (Å²) >= 11 is 5.88. The van der Waals surface area contributed by atoms with Crippen LogP contribution in [-0.4, -0.2) is 22.6 Å². The quantitative estimate of drug-likeness (QED) is 0.855. The minimum Gasteiger partial charge on any atom is -0.367 e. The molecule has 3 rings (SSSR count). The van der Waals surface area contributed by atoms with Crippen molar-refractivity contribution in [2.75, 3.05) is 17.2 Å². The zero-order valence-electron chi connectivity index (χ0n) is 12.1. The highest BCUT2D eigenvalue weighted by atomic mass is 35.5. The Balaban J connectivity index is 1.56. The second-order valence-electron chi connectivity index (χ2n) is 5.44. The first-order valence-corrected chi connectivity index (χ1v) is 7.67. The van der Waals surface area contributed by atoms with Crippen molar-refractivity contribution in [1.29, 1.82) is 0 Å². The Morgan fingerprint density at radius 2 is 1.95 bits per heavy atom. The van der Waals surface area contributed by atoms with Gasteiger partial charge in [0.05, 0.1) is 0 Å². The first kappa shape index (κ1) is 14.1. The van der Waals surface area contributed by atoms with Crippen molar-refractivity contribution in [2.45, 2.75) is 32.2 Å². The number of rotatable bonds is 6. The van der Waals surface area contributed by atoms with Gasteiger partial charge in [0.25, 0.3) is 0 Å². The van der Waals surface area contributed by atoms with Gasteiger partial charge in [-0.1, -0.05) is 23.7 Å². The van der Waals surface area contributed by atoms with E-state index in [1.165, 1.54) is 18.4 Å². The van der Waals surface area contributed by atoms with Crippen LogP contribution in [0.2, 0.25) is 5.02 Å². The summed E-state index contributed by atoms with van der Waals surface area (Å²) in [6.45, 7) is 2.79. The van der Waals surface area contributed by atoms with E-state index in [9.17, 15) is 0 Å². The second kappa shape index (κ2) is 6.31. The predicted molar refractivity (Wildman–Crippen MR) is 87.1 cm³/mol. The van der Waals surface area contributed by atoms with Crippen molar-refractivity contribution >= 4 is 23.4 Å². The van der Waals surface area contributed by atoms with E-state index in [0.29, 0.717) is 12.0 Å². The Hall–Kier alpha value is -1.81. The summed E-state index contributed by atoms with van der Waals surface area (Å²) < 4.78 is 0. The van der Waals surface area contributed by atoms with Crippen LogP contribution in [0.15, 0.2) is 30.3 Å². The second-order valence-corrected chi connectivity index (χ2v) is 5.88. The maximum absolute atomic E-state index is 5.88. The molecule has 0 aliphatic heterocycles. The molecule has 1 aromatic heterocycles. The van der Waals surface area contributed by atoms with E-state index in [1.807, 2.05) is 37.3 Å². The average Bonchev–Trinajstić information content (AvgIpc) is 3.24. The Morgan fingerprint density at radius 3 is 2.67 bits per heavy atom. The number of benzene rings is 1. The molecule has 1 saturated carbocycles. The van der Waals surface area contributed by atoms with Crippen LogP contribution in [0.1, 0.15) is 24.1 Å². The minimum atomic E-state index is 0.598. The zero-order chi connectivity index (χ0) is 14.7. The Kier molecular flexibility index (Phi) is 4.25. The number of hydrogen-bond acceptors (Lipinski definition) is 4. The number of aryl methyl sites for hydroxylation is 1. The van der Waals surface area contributed by atoms with Gasteiger partial charge in [0, 0.05) is 29.4 Å². The van der Waals surface area contributed by atoms with Gasteiger partial charge in [0.15, 0.2) is 0 Å². The topological polar surface area (TPSA) is 49.8 Å². The first-order chi connectivity index (χ1) is 10.2. The Morgan fingerprint density at radius 1 is 1.19 bits per heavy atom. The normalized spacial score (nSPS) is 14.0. The number of hydrogen-bond donors (Lipinski definition) is 2. The van der Waals surface area contributed by atoms with Crippen LogP contribution in [0.3, 0.4) is 0 Å². The van der Waals surface area contributed by atoms with Crippen molar-refractivity contribution in [3.8, 4) is 0 Å². The fourth-order valence-corrected chi connectivity index (χ4v) is 2.25. The molecule has 0 amide bonds. The highest BCUT2D eigenvalue weighted by Gasteiger charge is 2.21. The number of nitrogens with zero attached hydrogens (tertiary/aromatic N) is 2. The zero-order valence-corrected chi connectivity index (χ0v) is 12.8. The van der Waals surface area contributed by atoms with Crippen LogP contribution in [0.5, 0.6) is 0 Å². The van der Waals surface area contributed by atoms with E-state index < -0.39 is 0 Å². The van der Waals surface area contributed by atoms with Crippen molar-refractivity contribution < 1.29 is 0 Å². The van der Waals surface area contributed by atoms with Crippen molar-refractivity contribution in [3.05, 3.63) is 46.6 Å². The standard InChI is InChI=1S/C16H19ClN4/c1-11-10-15(20-14-6-7-14)21-16(19-11)18-9-8-12-2-4-13(17)5-3-12/h2-5,10,14H,6-9H2,1H3,(H2,18,19,20,21). The molecule has 0 unspecified atom stereocenters. The highest BCUT2D eigenvalue weighted by Crippen LogP contribution is 2.24. The van der Waals surface area contributed by atoms with Crippen LogP contribution >= 0.6 is 11.6 Å². The molecule has 0 radical (unpaired) electrons. The monoisotopic (exact) mass is 302 g/mol. The van der Waals surface area contributed by atoms with Crippen molar-refractivity contribution in [1.82, 2.24) is 9.97 Å². The maximum Gasteiger partial charge on any atom is 0.224 e. The molecule has 110 valence electrons. The average molecular weight is 303 g/mol. The maximum atomic E-state index is 5.88. The lowest BCUT2D eigenvalue weighted by molar-refractivity contribution is 0.969. The third-order valence-corrected chi connectivity index (χ3v) is 3.65. The molecule has 0 saturated heterocycles. The summed E-state index contributed by atoms with van der Waals surface area (Å²) in [7, 11) is 0. The van der Waals surface area contributed by atoms with E-state index in [0.717, 1.165) is 29.5 Å². The Bertz CT molecular complexity index is 608. The highest BCUT2D eigenvalue weighted by molar-refractivity contribution is 6.30. The number of nitrogens with one attached hydrogen (secondary N) is 2. The Labute approximate surface area is 130 Å². The third kappa shape index (κ3) is 4.33. The fraction of sp³-hybridized carbons (Fsp3) is 0.375. The number of anilines is 2. The van der Waals surface area contributed by atoms with E-state index >= 15 is 0 Å². The molecule has 1 aliphatic carbocycles. The molecule has 0 spiro atoms. The molecule has 2 aromatic rings. The lowest BCUT2D eigenvalue weighted by atomic mass is 10.1. The van der Waals surface area contributed by atoms with Gasteiger partial charge in [-0.05, 0) is 43.9 Å².